The molecule has 5 heteroatoms. The van der Waals surface area contributed by atoms with Crippen molar-refractivity contribution >= 4 is 12.4 Å². The van der Waals surface area contributed by atoms with E-state index in [4.69, 9.17) is 10.3 Å². The van der Waals surface area contributed by atoms with Gasteiger partial charge in [0.1, 0.15) is 0 Å². The molecule has 2 atom stereocenters. The van der Waals surface area contributed by atoms with Gasteiger partial charge in [0, 0.05) is 18.0 Å². The largest absolute Gasteiger partial charge is 0.339 e. The normalized spacial score (nSPS) is 24.2. The molecule has 0 bridgehead atoms. The van der Waals surface area contributed by atoms with Crippen molar-refractivity contribution < 1.29 is 4.52 Å². The predicted molar refractivity (Wildman–Crippen MR) is 80.6 cm³/mol. The fourth-order valence-corrected chi connectivity index (χ4v) is 2.47. The van der Waals surface area contributed by atoms with Crippen LogP contribution in [-0.4, -0.2) is 10.1 Å². The lowest BCUT2D eigenvalue weighted by Crippen LogP contribution is -1.95. The van der Waals surface area contributed by atoms with Gasteiger partial charge in [0.15, 0.2) is 0 Å². The van der Waals surface area contributed by atoms with Gasteiger partial charge in [-0.2, -0.15) is 4.98 Å². The summed E-state index contributed by atoms with van der Waals surface area (Å²) in [6.07, 6.45) is 2.30. The molecule has 108 valence electrons. The van der Waals surface area contributed by atoms with Crippen LogP contribution >= 0.6 is 12.4 Å². The highest BCUT2D eigenvalue weighted by Gasteiger charge is 2.52. The second-order valence-electron chi connectivity index (χ2n) is 5.62. The summed E-state index contributed by atoms with van der Waals surface area (Å²) in [5.41, 5.74) is 8.02. The molecule has 0 amide bonds. The zero-order chi connectivity index (χ0) is 13.5. The zero-order valence-electron chi connectivity index (χ0n) is 11.8. The maximum absolute atomic E-state index is 5.59. The predicted octanol–water partition coefficient (Wildman–Crippen LogP) is 3.52. The molecule has 2 N–H and O–H groups in total. The van der Waals surface area contributed by atoms with Crippen molar-refractivity contribution in [2.75, 3.05) is 0 Å². The summed E-state index contributed by atoms with van der Waals surface area (Å²) in [5.74, 6) is 1.88. The Kier molecular flexibility index (Phi) is 4.16. The summed E-state index contributed by atoms with van der Waals surface area (Å²) in [6, 6.07) is 7.97. The standard InChI is InChI=1S/C15H19N3O.ClH/c1-3-15(2)8-12(15)14-17-13(18-19-14)11-6-4-10(9-16)5-7-11;/h4-7,12H,3,8-9,16H2,1-2H3;1H. The SMILES string of the molecule is CCC1(C)CC1c1nc(-c2ccc(CN)cc2)no1.Cl. The highest BCUT2D eigenvalue weighted by Crippen LogP contribution is 2.60. The van der Waals surface area contributed by atoms with Gasteiger partial charge < -0.3 is 10.3 Å². The Morgan fingerprint density at radius 2 is 2.05 bits per heavy atom. The van der Waals surface area contributed by atoms with Crippen molar-refractivity contribution in [3.8, 4) is 11.4 Å². The van der Waals surface area contributed by atoms with E-state index in [-0.39, 0.29) is 12.4 Å². The van der Waals surface area contributed by atoms with Crippen LogP contribution < -0.4 is 5.73 Å². The van der Waals surface area contributed by atoms with Crippen molar-refractivity contribution in [2.24, 2.45) is 11.1 Å². The molecule has 3 rings (SSSR count). The van der Waals surface area contributed by atoms with Crippen LogP contribution in [0.1, 0.15) is 44.1 Å². The molecule has 1 saturated carbocycles. The second kappa shape index (κ2) is 5.54. The Morgan fingerprint density at radius 1 is 1.35 bits per heavy atom. The Hall–Kier alpha value is -1.39. The smallest absolute Gasteiger partial charge is 0.230 e. The molecule has 0 radical (unpaired) electrons. The van der Waals surface area contributed by atoms with E-state index in [9.17, 15) is 0 Å². The van der Waals surface area contributed by atoms with Gasteiger partial charge in [-0.05, 0) is 23.8 Å². The third-order valence-corrected chi connectivity index (χ3v) is 4.35. The monoisotopic (exact) mass is 293 g/mol. The van der Waals surface area contributed by atoms with Gasteiger partial charge in [0.2, 0.25) is 11.7 Å². The minimum absolute atomic E-state index is 0. The molecule has 0 aliphatic heterocycles. The van der Waals surface area contributed by atoms with E-state index in [1.807, 2.05) is 24.3 Å². The molecule has 2 aromatic rings. The number of nitrogens with zero attached hydrogens (tertiary/aromatic N) is 2. The Bertz CT molecular complexity index is 581. The number of halogens is 1. The van der Waals surface area contributed by atoms with Gasteiger partial charge in [-0.25, -0.2) is 0 Å². The van der Waals surface area contributed by atoms with E-state index in [0.29, 0.717) is 23.7 Å². The summed E-state index contributed by atoms with van der Waals surface area (Å²) in [5, 5.41) is 4.09. The summed E-state index contributed by atoms with van der Waals surface area (Å²) < 4.78 is 5.41. The quantitative estimate of drug-likeness (QED) is 0.936. The summed E-state index contributed by atoms with van der Waals surface area (Å²) in [7, 11) is 0. The topological polar surface area (TPSA) is 64.9 Å². The number of rotatable bonds is 4. The fraction of sp³-hybridized carbons (Fsp3) is 0.467. The molecule has 2 unspecified atom stereocenters. The maximum atomic E-state index is 5.59. The third kappa shape index (κ3) is 2.58. The molecule has 1 aliphatic carbocycles. The second-order valence-corrected chi connectivity index (χ2v) is 5.62. The van der Waals surface area contributed by atoms with E-state index >= 15 is 0 Å². The molecule has 1 heterocycles. The third-order valence-electron chi connectivity index (χ3n) is 4.35. The van der Waals surface area contributed by atoms with Crippen molar-refractivity contribution in [3.05, 3.63) is 35.7 Å². The lowest BCUT2D eigenvalue weighted by molar-refractivity contribution is 0.362. The number of hydrogen-bond acceptors (Lipinski definition) is 4. The molecule has 4 nitrogen and oxygen atoms in total. The van der Waals surface area contributed by atoms with Gasteiger partial charge in [0.05, 0.1) is 0 Å². The van der Waals surface area contributed by atoms with Crippen LogP contribution in [0.3, 0.4) is 0 Å². The summed E-state index contributed by atoms with van der Waals surface area (Å²) in [4.78, 5) is 4.53. The fourth-order valence-electron chi connectivity index (χ4n) is 2.47. The summed E-state index contributed by atoms with van der Waals surface area (Å²) >= 11 is 0. The molecule has 1 aromatic heterocycles. The molecular weight excluding hydrogens is 274 g/mol. The maximum Gasteiger partial charge on any atom is 0.230 e. The lowest BCUT2D eigenvalue weighted by atomic mass is 10.0. The highest BCUT2D eigenvalue weighted by atomic mass is 35.5. The number of benzene rings is 1. The average Bonchev–Trinajstić information content (AvgIpc) is 2.92. The molecule has 0 saturated heterocycles. The van der Waals surface area contributed by atoms with E-state index in [2.05, 4.69) is 24.0 Å². The first-order valence-corrected chi connectivity index (χ1v) is 6.79. The van der Waals surface area contributed by atoms with Crippen LogP contribution in [0.5, 0.6) is 0 Å². The van der Waals surface area contributed by atoms with Crippen LogP contribution in [0.4, 0.5) is 0 Å². The average molecular weight is 294 g/mol. The van der Waals surface area contributed by atoms with Crippen molar-refractivity contribution in [2.45, 2.75) is 39.2 Å². The number of nitrogens with two attached hydrogens (primary N) is 1. The minimum atomic E-state index is 0. The Balaban J connectivity index is 0.00000147. The molecule has 1 aromatic carbocycles. The first-order valence-electron chi connectivity index (χ1n) is 6.79. The summed E-state index contributed by atoms with van der Waals surface area (Å²) in [6.45, 7) is 5.04. The van der Waals surface area contributed by atoms with Crippen LogP contribution in [0, 0.1) is 5.41 Å². The number of hydrogen-bond donors (Lipinski definition) is 1. The Morgan fingerprint density at radius 3 is 2.60 bits per heavy atom. The van der Waals surface area contributed by atoms with Crippen LogP contribution in [0.25, 0.3) is 11.4 Å². The first-order chi connectivity index (χ1) is 9.16. The lowest BCUT2D eigenvalue weighted by Gasteiger charge is -2.02. The van der Waals surface area contributed by atoms with E-state index in [1.54, 1.807) is 0 Å². The molecule has 20 heavy (non-hydrogen) atoms. The van der Waals surface area contributed by atoms with E-state index < -0.39 is 0 Å². The van der Waals surface area contributed by atoms with Gasteiger partial charge in [-0.1, -0.05) is 43.3 Å². The van der Waals surface area contributed by atoms with E-state index in [0.717, 1.165) is 29.9 Å². The highest BCUT2D eigenvalue weighted by molar-refractivity contribution is 5.85. The van der Waals surface area contributed by atoms with Crippen LogP contribution in [-0.2, 0) is 6.54 Å². The Labute approximate surface area is 125 Å². The zero-order valence-corrected chi connectivity index (χ0v) is 12.6. The van der Waals surface area contributed by atoms with Gasteiger partial charge >= 0.3 is 0 Å². The van der Waals surface area contributed by atoms with Gasteiger partial charge in [0.25, 0.3) is 0 Å². The number of aromatic nitrogens is 2. The molecular formula is C15H20ClN3O. The molecule has 1 aliphatic rings. The van der Waals surface area contributed by atoms with E-state index in [1.165, 1.54) is 0 Å². The van der Waals surface area contributed by atoms with Crippen molar-refractivity contribution in [1.29, 1.82) is 0 Å². The minimum Gasteiger partial charge on any atom is -0.339 e. The van der Waals surface area contributed by atoms with Gasteiger partial charge in [-0.15, -0.1) is 12.4 Å². The van der Waals surface area contributed by atoms with Crippen LogP contribution in [0.2, 0.25) is 0 Å². The first kappa shape index (κ1) is 15.0. The van der Waals surface area contributed by atoms with Gasteiger partial charge in [-0.3, -0.25) is 0 Å². The molecule has 0 spiro atoms. The van der Waals surface area contributed by atoms with Crippen molar-refractivity contribution in [1.82, 2.24) is 10.1 Å². The van der Waals surface area contributed by atoms with Crippen LogP contribution in [0.15, 0.2) is 28.8 Å². The van der Waals surface area contributed by atoms with Crippen molar-refractivity contribution in [3.63, 3.8) is 0 Å². The molecule has 1 fully saturated rings.